The van der Waals surface area contributed by atoms with Gasteiger partial charge in [-0.25, -0.2) is 9.59 Å². The molecule has 0 bridgehead atoms. The van der Waals surface area contributed by atoms with Crippen LogP contribution in [-0.4, -0.2) is 38.4 Å². The van der Waals surface area contributed by atoms with Crippen molar-refractivity contribution in [2.45, 2.75) is 51.4 Å². The molecule has 0 aliphatic heterocycles. The summed E-state index contributed by atoms with van der Waals surface area (Å²) in [6, 6.07) is 16.5. The molecule has 1 aliphatic carbocycles. The number of hydrogen-bond acceptors (Lipinski definition) is 6. The molecule has 2 aromatic rings. The second-order valence-electron chi connectivity index (χ2n) is 9.22. The molecule has 0 saturated heterocycles. The van der Waals surface area contributed by atoms with Crippen molar-refractivity contribution >= 4 is 11.9 Å². The van der Waals surface area contributed by atoms with Gasteiger partial charge in [-0.1, -0.05) is 56.7 Å². The summed E-state index contributed by atoms with van der Waals surface area (Å²) in [7, 11) is 0. The molecule has 0 amide bonds. The summed E-state index contributed by atoms with van der Waals surface area (Å²) < 4.78 is 21.7. The van der Waals surface area contributed by atoms with E-state index >= 15 is 0 Å². The molecule has 6 nitrogen and oxygen atoms in total. The lowest BCUT2D eigenvalue weighted by atomic mass is 9.65. The highest BCUT2D eigenvalue weighted by Gasteiger charge is 2.35. The average Bonchev–Trinajstić information content (AvgIpc) is 2.89. The topological polar surface area (TPSA) is 71.1 Å². The van der Waals surface area contributed by atoms with Crippen LogP contribution in [0.2, 0.25) is 0 Å². The second kappa shape index (κ2) is 13.0. The maximum Gasteiger partial charge on any atom is 0.333 e. The van der Waals surface area contributed by atoms with Crippen LogP contribution < -0.4 is 9.47 Å². The van der Waals surface area contributed by atoms with Crippen LogP contribution in [0.5, 0.6) is 11.5 Å². The van der Waals surface area contributed by atoms with Crippen molar-refractivity contribution in [1.82, 2.24) is 0 Å². The Hall–Kier alpha value is -3.54. The highest BCUT2D eigenvalue weighted by atomic mass is 16.6. The molecule has 6 heteroatoms. The molecular weight excluding hydrogens is 456 g/mol. The minimum Gasteiger partial charge on any atom is -0.490 e. The Morgan fingerprint density at radius 2 is 1.06 bits per heavy atom. The van der Waals surface area contributed by atoms with Crippen molar-refractivity contribution in [2.75, 3.05) is 26.4 Å². The van der Waals surface area contributed by atoms with Crippen LogP contribution >= 0.6 is 0 Å². The Bertz CT molecular complexity index is 966. The summed E-state index contributed by atoms with van der Waals surface area (Å²) >= 11 is 0. The number of esters is 2. The maximum atomic E-state index is 11.5. The molecule has 36 heavy (non-hydrogen) atoms. The molecule has 1 saturated carbocycles. The quantitative estimate of drug-likeness (QED) is 0.208. The molecule has 1 aliphatic rings. The molecule has 0 aromatic heterocycles. The third-order valence-corrected chi connectivity index (χ3v) is 6.39. The van der Waals surface area contributed by atoms with E-state index in [1.807, 2.05) is 24.3 Å². The van der Waals surface area contributed by atoms with Gasteiger partial charge in [-0.05, 0) is 62.1 Å². The van der Waals surface area contributed by atoms with Crippen molar-refractivity contribution in [3.8, 4) is 11.5 Å². The van der Waals surface area contributed by atoms with Gasteiger partial charge in [0.2, 0.25) is 0 Å². The summed E-state index contributed by atoms with van der Waals surface area (Å²) in [5.41, 5.74) is 3.23. The number of carbonyl (C=O) groups excluding carboxylic acids is 2. The molecule has 0 unspecified atom stereocenters. The van der Waals surface area contributed by atoms with Gasteiger partial charge in [0.15, 0.2) is 0 Å². The normalized spacial score (nSPS) is 14.4. The van der Waals surface area contributed by atoms with E-state index in [1.54, 1.807) is 13.8 Å². The lowest BCUT2D eigenvalue weighted by Gasteiger charge is -2.38. The zero-order valence-corrected chi connectivity index (χ0v) is 21.3. The predicted molar refractivity (Wildman–Crippen MR) is 139 cm³/mol. The number of carbonyl (C=O) groups is 2. The smallest absolute Gasteiger partial charge is 0.333 e. The molecular formula is C30H36O6. The molecule has 0 heterocycles. The van der Waals surface area contributed by atoms with Crippen molar-refractivity contribution < 1.29 is 28.5 Å². The van der Waals surface area contributed by atoms with Crippen LogP contribution in [0.4, 0.5) is 0 Å². The van der Waals surface area contributed by atoms with Gasteiger partial charge < -0.3 is 18.9 Å². The molecule has 0 spiro atoms. The van der Waals surface area contributed by atoms with Crippen LogP contribution in [0, 0.1) is 0 Å². The van der Waals surface area contributed by atoms with Gasteiger partial charge >= 0.3 is 11.9 Å². The minimum atomic E-state index is -0.407. The van der Waals surface area contributed by atoms with Crippen molar-refractivity contribution in [1.29, 1.82) is 0 Å². The Kier molecular flexibility index (Phi) is 9.74. The first-order valence-corrected chi connectivity index (χ1v) is 12.4. The Morgan fingerprint density at radius 1 is 0.667 bits per heavy atom. The van der Waals surface area contributed by atoms with E-state index in [1.165, 1.54) is 30.4 Å². The van der Waals surface area contributed by atoms with Crippen molar-refractivity contribution in [2.24, 2.45) is 0 Å². The Balaban J connectivity index is 1.62. The molecule has 0 N–H and O–H groups in total. The first kappa shape index (κ1) is 27.1. The largest absolute Gasteiger partial charge is 0.490 e. The molecule has 2 aromatic carbocycles. The van der Waals surface area contributed by atoms with E-state index in [4.69, 9.17) is 18.9 Å². The summed E-state index contributed by atoms with van der Waals surface area (Å²) in [5, 5.41) is 0. The van der Waals surface area contributed by atoms with Gasteiger partial charge in [0.05, 0.1) is 0 Å². The SMILES string of the molecule is C=C(C)C(=O)OCCOc1ccc(C2(c3ccc(OCCOC(=O)C(=C)C)cc3)CCCCC2)cc1. The summed E-state index contributed by atoms with van der Waals surface area (Å²) in [6.45, 7) is 11.3. The predicted octanol–water partition coefficient (Wildman–Crippen LogP) is 5.93. The lowest BCUT2D eigenvalue weighted by molar-refractivity contribution is -0.140. The number of ether oxygens (including phenoxy) is 4. The van der Waals surface area contributed by atoms with Crippen LogP contribution in [0.15, 0.2) is 72.8 Å². The van der Waals surface area contributed by atoms with E-state index in [0.717, 1.165) is 24.3 Å². The molecule has 1 fully saturated rings. The molecule has 192 valence electrons. The van der Waals surface area contributed by atoms with Crippen LogP contribution in [-0.2, 0) is 24.5 Å². The lowest BCUT2D eigenvalue weighted by Crippen LogP contribution is -2.30. The second-order valence-corrected chi connectivity index (χ2v) is 9.22. The summed E-state index contributed by atoms with van der Waals surface area (Å²) in [4.78, 5) is 22.9. The van der Waals surface area contributed by atoms with Crippen molar-refractivity contribution in [3.05, 3.63) is 84.0 Å². The first-order chi connectivity index (χ1) is 17.3. The van der Waals surface area contributed by atoms with Crippen LogP contribution in [0.3, 0.4) is 0 Å². The van der Waals surface area contributed by atoms with Gasteiger partial charge in [-0.2, -0.15) is 0 Å². The van der Waals surface area contributed by atoms with Gasteiger partial charge in [0.25, 0.3) is 0 Å². The van der Waals surface area contributed by atoms with E-state index < -0.39 is 11.9 Å². The third-order valence-electron chi connectivity index (χ3n) is 6.39. The van der Waals surface area contributed by atoms with Crippen LogP contribution in [0.25, 0.3) is 0 Å². The van der Waals surface area contributed by atoms with Crippen molar-refractivity contribution in [3.63, 3.8) is 0 Å². The highest BCUT2D eigenvalue weighted by Crippen LogP contribution is 2.45. The number of rotatable bonds is 12. The van der Waals surface area contributed by atoms with Crippen LogP contribution in [0.1, 0.15) is 57.1 Å². The van der Waals surface area contributed by atoms with Gasteiger partial charge in [0, 0.05) is 16.6 Å². The fourth-order valence-corrected chi connectivity index (χ4v) is 4.47. The van der Waals surface area contributed by atoms with Gasteiger partial charge in [-0.15, -0.1) is 0 Å². The average molecular weight is 493 g/mol. The fraction of sp³-hybridized carbons (Fsp3) is 0.400. The highest BCUT2D eigenvalue weighted by molar-refractivity contribution is 5.87. The zero-order chi connectivity index (χ0) is 26.0. The first-order valence-electron chi connectivity index (χ1n) is 12.4. The summed E-state index contributed by atoms with van der Waals surface area (Å²) in [6.07, 6.45) is 5.77. The fourth-order valence-electron chi connectivity index (χ4n) is 4.47. The monoisotopic (exact) mass is 492 g/mol. The third kappa shape index (κ3) is 7.23. The minimum absolute atomic E-state index is 0.0522. The van der Waals surface area contributed by atoms with E-state index in [0.29, 0.717) is 11.1 Å². The van der Waals surface area contributed by atoms with E-state index in [2.05, 4.69) is 37.4 Å². The standard InChI is InChI=1S/C30H36O6/c1-22(2)28(31)35-20-18-33-26-12-8-24(9-13-26)30(16-6-5-7-17-30)25-10-14-27(15-11-25)34-19-21-36-29(32)23(3)4/h8-15H,1,3,5-7,16-21H2,2,4H3. The van der Waals surface area contributed by atoms with Gasteiger partial charge in [0.1, 0.15) is 37.9 Å². The molecule has 0 radical (unpaired) electrons. The van der Waals surface area contributed by atoms with E-state index in [9.17, 15) is 9.59 Å². The van der Waals surface area contributed by atoms with E-state index in [-0.39, 0.29) is 31.8 Å². The summed E-state index contributed by atoms with van der Waals surface area (Å²) in [5.74, 6) is 0.672. The number of benzene rings is 2. The Labute approximate surface area is 213 Å². The van der Waals surface area contributed by atoms with Gasteiger partial charge in [-0.3, -0.25) is 0 Å². The maximum absolute atomic E-state index is 11.5. The molecule has 3 rings (SSSR count). The molecule has 0 atom stereocenters. The number of hydrogen-bond donors (Lipinski definition) is 0. The zero-order valence-electron chi connectivity index (χ0n) is 21.3. The Morgan fingerprint density at radius 3 is 1.42 bits per heavy atom.